The van der Waals surface area contributed by atoms with Crippen LogP contribution >= 0.6 is 0 Å². The molecular weight excluding hydrogens is 326 g/mol. The van der Waals surface area contributed by atoms with Crippen molar-refractivity contribution in [2.24, 2.45) is 0 Å². The lowest BCUT2D eigenvalue weighted by Gasteiger charge is -2.21. The van der Waals surface area contributed by atoms with Crippen molar-refractivity contribution in [2.45, 2.75) is 45.1 Å². The Morgan fingerprint density at radius 3 is 2.54 bits per heavy atom. The van der Waals surface area contributed by atoms with Crippen LogP contribution < -0.4 is 4.72 Å². The number of aryl methyl sites for hydroxylation is 1. The number of aromatic nitrogens is 4. The highest BCUT2D eigenvalue weighted by Crippen LogP contribution is 2.29. The standard InChI is InChI=1S/C16H21N5O2S/c1-10-15(11(2)21(19-10)16(3,4)5)24(22,23)20-14-8-6-7-13-12(14)9-17-18-13/h6-9,20H,1-5H3,(H,17,18). The third kappa shape index (κ3) is 2.66. The van der Waals surface area contributed by atoms with Gasteiger partial charge in [-0.3, -0.25) is 14.5 Å². The average Bonchev–Trinajstić information content (AvgIpc) is 3.03. The predicted molar refractivity (Wildman–Crippen MR) is 93.6 cm³/mol. The highest BCUT2D eigenvalue weighted by atomic mass is 32.2. The van der Waals surface area contributed by atoms with Crippen molar-refractivity contribution in [1.82, 2.24) is 20.0 Å². The van der Waals surface area contributed by atoms with Crippen molar-refractivity contribution >= 4 is 26.6 Å². The molecule has 0 aliphatic rings. The van der Waals surface area contributed by atoms with Crippen LogP contribution in [-0.4, -0.2) is 28.4 Å². The zero-order valence-electron chi connectivity index (χ0n) is 14.4. The minimum absolute atomic E-state index is 0.220. The van der Waals surface area contributed by atoms with Crippen LogP contribution in [0.1, 0.15) is 32.2 Å². The molecule has 0 radical (unpaired) electrons. The molecule has 0 atom stereocenters. The predicted octanol–water partition coefficient (Wildman–Crippen LogP) is 2.93. The molecule has 0 aliphatic carbocycles. The second-order valence-corrected chi connectivity index (χ2v) is 8.44. The van der Waals surface area contributed by atoms with E-state index in [9.17, 15) is 8.42 Å². The van der Waals surface area contributed by atoms with Crippen LogP contribution in [-0.2, 0) is 15.6 Å². The lowest BCUT2D eigenvalue weighted by Crippen LogP contribution is -2.25. The van der Waals surface area contributed by atoms with E-state index in [1.165, 1.54) is 0 Å². The van der Waals surface area contributed by atoms with E-state index in [-0.39, 0.29) is 10.4 Å². The van der Waals surface area contributed by atoms with Gasteiger partial charge in [-0.05, 0) is 46.8 Å². The van der Waals surface area contributed by atoms with E-state index in [2.05, 4.69) is 20.0 Å². The Balaban J connectivity index is 2.09. The summed E-state index contributed by atoms with van der Waals surface area (Å²) < 4.78 is 30.3. The van der Waals surface area contributed by atoms with Crippen molar-refractivity contribution < 1.29 is 8.42 Å². The fraction of sp³-hybridized carbons (Fsp3) is 0.375. The molecule has 7 nitrogen and oxygen atoms in total. The molecule has 0 bridgehead atoms. The number of sulfonamides is 1. The molecule has 0 amide bonds. The van der Waals surface area contributed by atoms with Crippen molar-refractivity contribution in [3.8, 4) is 0 Å². The van der Waals surface area contributed by atoms with Gasteiger partial charge < -0.3 is 0 Å². The van der Waals surface area contributed by atoms with Crippen molar-refractivity contribution in [1.29, 1.82) is 0 Å². The summed E-state index contributed by atoms with van der Waals surface area (Å²) in [7, 11) is -3.76. The first kappa shape index (κ1) is 16.5. The number of fused-ring (bicyclic) bond motifs is 1. The van der Waals surface area contributed by atoms with E-state index in [0.717, 1.165) is 10.9 Å². The first-order chi connectivity index (χ1) is 11.1. The molecule has 8 heteroatoms. The Morgan fingerprint density at radius 2 is 1.92 bits per heavy atom. The molecule has 0 saturated heterocycles. The number of hydrogen-bond acceptors (Lipinski definition) is 4. The summed E-state index contributed by atoms with van der Waals surface area (Å²) in [5.41, 5.74) is 2.06. The summed E-state index contributed by atoms with van der Waals surface area (Å²) >= 11 is 0. The topological polar surface area (TPSA) is 92.7 Å². The fourth-order valence-corrected chi connectivity index (χ4v) is 4.40. The molecule has 3 rings (SSSR count). The molecular formula is C16H21N5O2S. The quantitative estimate of drug-likeness (QED) is 0.762. The number of rotatable bonds is 3. The van der Waals surface area contributed by atoms with Crippen molar-refractivity contribution in [3.63, 3.8) is 0 Å². The van der Waals surface area contributed by atoms with Crippen LogP contribution in [0.3, 0.4) is 0 Å². The normalized spacial score (nSPS) is 12.7. The van der Waals surface area contributed by atoms with Gasteiger partial charge in [0.1, 0.15) is 4.90 Å². The van der Waals surface area contributed by atoms with E-state index in [1.54, 1.807) is 36.9 Å². The van der Waals surface area contributed by atoms with Gasteiger partial charge in [-0.15, -0.1) is 0 Å². The molecule has 0 aliphatic heterocycles. The van der Waals surface area contributed by atoms with Crippen LogP contribution in [0.5, 0.6) is 0 Å². The number of hydrogen-bond donors (Lipinski definition) is 2. The number of H-pyrrole nitrogens is 1. The molecule has 3 aromatic rings. The van der Waals surface area contributed by atoms with Crippen LogP contribution in [0.15, 0.2) is 29.3 Å². The maximum atomic E-state index is 13.0. The molecule has 0 fully saturated rings. The Kier molecular flexibility index (Phi) is 3.67. The fourth-order valence-electron chi connectivity index (χ4n) is 2.92. The highest BCUT2D eigenvalue weighted by molar-refractivity contribution is 7.92. The van der Waals surface area contributed by atoms with Crippen LogP contribution in [0.2, 0.25) is 0 Å². The largest absolute Gasteiger partial charge is 0.279 e. The summed E-state index contributed by atoms with van der Waals surface area (Å²) in [6.07, 6.45) is 1.60. The second-order valence-electron chi connectivity index (χ2n) is 6.82. The van der Waals surface area contributed by atoms with Gasteiger partial charge in [0.2, 0.25) is 0 Å². The average molecular weight is 347 g/mol. The van der Waals surface area contributed by atoms with Gasteiger partial charge in [0.05, 0.1) is 34.3 Å². The van der Waals surface area contributed by atoms with Gasteiger partial charge in [0, 0.05) is 5.39 Å². The summed E-state index contributed by atoms with van der Waals surface area (Å²) in [6, 6.07) is 5.33. The maximum Gasteiger partial charge on any atom is 0.265 e. The van der Waals surface area contributed by atoms with Gasteiger partial charge in [0.25, 0.3) is 10.0 Å². The molecule has 2 aromatic heterocycles. The Bertz CT molecular complexity index is 1010. The van der Waals surface area contributed by atoms with E-state index in [4.69, 9.17) is 0 Å². The smallest absolute Gasteiger partial charge is 0.265 e. The summed E-state index contributed by atoms with van der Waals surface area (Å²) in [6.45, 7) is 9.45. The molecule has 24 heavy (non-hydrogen) atoms. The van der Waals surface area contributed by atoms with Crippen LogP contribution in [0.25, 0.3) is 10.9 Å². The molecule has 0 saturated carbocycles. The molecule has 2 heterocycles. The van der Waals surface area contributed by atoms with Gasteiger partial charge >= 0.3 is 0 Å². The highest BCUT2D eigenvalue weighted by Gasteiger charge is 2.28. The number of aromatic amines is 1. The monoisotopic (exact) mass is 347 g/mol. The Labute approximate surface area is 141 Å². The zero-order chi connectivity index (χ0) is 17.7. The molecule has 2 N–H and O–H groups in total. The number of nitrogens with zero attached hydrogens (tertiary/aromatic N) is 3. The Hall–Kier alpha value is -2.35. The zero-order valence-corrected chi connectivity index (χ0v) is 15.2. The number of nitrogens with one attached hydrogen (secondary N) is 2. The van der Waals surface area contributed by atoms with E-state index in [0.29, 0.717) is 17.1 Å². The summed E-state index contributed by atoms with van der Waals surface area (Å²) in [5.74, 6) is 0. The minimum Gasteiger partial charge on any atom is -0.279 e. The SMILES string of the molecule is Cc1nn(C(C)(C)C)c(C)c1S(=O)(=O)Nc1cccc2[nH]ncc12. The Morgan fingerprint density at radius 1 is 1.21 bits per heavy atom. The van der Waals surface area contributed by atoms with E-state index >= 15 is 0 Å². The van der Waals surface area contributed by atoms with Gasteiger partial charge in [0.15, 0.2) is 0 Å². The second kappa shape index (κ2) is 5.34. The molecule has 1 aromatic carbocycles. The van der Waals surface area contributed by atoms with E-state index < -0.39 is 10.0 Å². The molecule has 128 valence electrons. The number of benzene rings is 1. The van der Waals surface area contributed by atoms with Gasteiger partial charge in [-0.2, -0.15) is 10.2 Å². The van der Waals surface area contributed by atoms with Gasteiger partial charge in [-0.1, -0.05) is 6.07 Å². The third-order valence-corrected chi connectivity index (χ3v) is 5.48. The summed E-state index contributed by atoms with van der Waals surface area (Å²) in [4.78, 5) is 0.220. The first-order valence-electron chi connectivity index (χ1n) is 7.63. The molecule has 0 unspecified atom stereocenters. The molecule has 0 spiro atoms. The maximum absolute atomic E-state index is 13.0. The third-order valence-electron chi connectivity index (χ3n) is 3.86. The van der Waals surface area contributed by atoms with Crippen molar-refractivity contribution in [2.75, 3.05) is 4.72 Å². The lowest BCUT2D eigenvalue weighted by atomic mass is 10.1. The van der Waals surface area contributed by atoms with Crippen LogP contribution in [0.4, 0.5) is 5.69 Å². The number of anilines is 1. The van der Waals surface area contributed by atoms with E-state index in [1.807, 2.05) is 26.8 Å². The van der Waals surface area contributed by atoms with Crippen molar-refractivity contribution in [3.05, 3.63) is 35.8 Å². The summed E-state index contributed by atoms with van der Waals surface area (Å²) in [5, 5.41) is 11.9. The van der Waals surface area contributed by atoms with Gasteiger partial charge in [-0.25, -0.2) is 8.42 Å². The first-order valence-corrected chi connectivity index (χ1v) is 9.11. The lowest BCUT2D eigenvalue weighted by molar-refractivity contribution is 0.345. The van der Waals surface area contributed by atoms with Crippen LogP contribution in [0, 0.1) is 13.8 Å². The minimum atomic E-state index is -3.76.